The molecule has 1 heterocycles. The molecule has 0 radical (unpaired) electrons. The number of anilines is 1. The Hall–Kier alpha value is -2.16. The fourth-order valence-corrected chi connectivity index (χ4v) is 4.83. The highest BCUT2D eigenvalue weighted by atomic mass is 79.9. The monoisotopic (exact) mass is 534 g/mol. The van der Waals surface area contributed by atoms with Gasteiger partial charge in [-0.15, -0.1) is 0 Å². The van der Waals surface area contributed by atoms with Crippen LogP contribution in [-0.2, 0) is 9.53 Å². The highest BCUT2D eigenvalue weighted by Crippen LogP contribution is 2.37. The lowest BCUT2D eigenvalue weighted by Gasteiger charge is -2.37. The molecule has 33 heavy (non-hydrogen) atoms. The zero-order valence-electron chi connectivity index (χ0n) is 19.7. The summed E-state index contributed by atoms with van der Waals surface area (Å²) >= 11 is 9.36. The maximum Gasteiger partial charge on any atom is 0.262 e. The van der Waals surface area contributed by atoms with Crippen LogP contribution in [0.25, 0.3) is 0 Å². The minimum Gasteiger partial charge on any atom is -0.490 e. The zero-order valence-corrected chi connectivity index (χ0v) is 22.1. The van der Waals surface area contributed by atoms with Gasteiger partial charge in [-0.1, -0.05) is 18.3 Å². The van der Waals surface area contributed by atoms with Crippen LogP contribution in [0.2, 0.25) is 0 Å². The largest absolute Gasteiger partial charge is 0.490 e. The van der Waals surface area contributed by atoms with Gasteiger partial charge in [0.05, 0.1) is 23.3 Å². The standard InChI is InChI=1S/C25H31BrN2O4S/c1-6-30-22-11-19(25(33)28-12-17(4)32-18(5)13-28)10-21(26)24(22)31-14-23(29)27-20-8-15(2)7-16(3)9-20/h7-11,17-18H,6,12-14H2,1-5H3,(H,27,29)/t17-,18+. The predicted molar refractivity (Wildman–Crippen MR) is 139 cm³/mol. The minimum absolute atomic E-state index is 0.111. The lowest BCUT2D eigenvalue weighted by Crippen LogP contribution is -2.47. The number of amides is 1. The second-order valence-corrected chi connectivity index (χ2v) is 9.64. The molecule has 1 aliphatic heterocycles. The number of benzene rings is 2. The van der Waals surface area contributed by atoms with Gasteiger partial charge in [0.1, 0.15) is 4.99 Å². The minimum atomic E-state index is -0.245. The summed E-state index contributed by atoms with van der Waals surface area (Å²) in [5.74, 6) is 0.769. The smallest absolute Gasteiger partial charge is 0.262 e. The number of nitrogens with one attached hydrogen (secondary N) is 1. The molecule has 3 rings (SSSR count). The molecular formula is C25H31BrN2O4S. The van der Waals surface area contributed by atoms with Crippen LogP contribution < -0.4 is 14.8 Å². The molecule has 1 aliphatic rings. The van der Waals surface area contributed by atoms with Gasteiger partial charge in [-0.2, -0.15) is 0 Å². The second kappa shape index (κ2) is 11.3. The molecule has 0 aromatic heterocycles. The average molecular weight is 536 g/mol. The number of nitrogens with zero attached hydrogens (tertiary/aromatic N) is 1. The van der Waals surface area contributed by atoms with E-state index in [0.29, 0.717) is 22.6 Å². The normalized spacial score (nSPS) is 18.1. The average Bonchev–Trinajstić information content (AvgIpc) is 2.71. The van der Waals surface area contributed by atoms with Gasteiger partial charge in [0.15, 0.2) is 18.1 Å². The van der Waals surface area contributed by atoms with Crippen molar-refractivity contribution in [2.75, 3.05) is 31.6 Å². The van der Waals surface area contributed by atoms with E-state index in [1.165, 1.54) is 0 Å². The van der Waals surface area contributed by atoms with Gasteiger partial charge in [0.25, 0.3) is 5.91 Å². The maximum atomic E-state index is 12.5. The summed E-state index contributed by atoms with van der Waals surface area (Å²) in [5.41, 5.74) is 3.78. The molecule has 8 heteroatoms. The van der Waals surface area contributed by atoms with Crippen molar-refractivity contribution >= 4 is 44.7 Å². The molecule has 0 bridgehead atoms. The molecule has 1 N–H and O–H groups in total. The van der Waals surface area contributed by atoms with Crippen molar-refractivity contribution < 1.29 is 19.0 Å². The Morgan fingerprint density at radius 1 is 1.12 bits per heavy atom. The number of rotatable bonds is 7. The lowest BCUT2D eigenvalue weighted by molar-refractivity contribution is -0.118. The van der Waals surface area contributed by atoms with Crippen LogP contribution in [0.5, 0.6) is 11.5 Å². The van der Waals surface area contributed by atoms with Crippen LogP contribution >= 0.6 is 28.1 Å². The number of halogens is 1. The van der Waals surface area contributed by atoms with E-state index in [2.05, 4.69) is 32.2 Å². The van der Waals surface area contributed by atoms with Crippen molar-refractivity contribution in [1.82, 2.24) is 4.90 Å². The van der Waals surface area contributed by atoms with Crippen molar-refractivity contribution in [2.45, 2.75) is 46.8 Å². The van der Waals surface area contributed by atoms with Crippen molar-refractivity contribution in [3.8, 4) is 11.5 Å². The SMILES string of the molecule is CCOc1cc(C(=S)N2C[C@@H](C)O[C@@H](C)C2)cc(Br)c1OCC(=O)Nc1cc(C)cc(C)c1. The number of morpholine rings is 1. The first kappa shape index (κ1) is 25.5. The van der Waals surface area contributed by atoms with E-state index in [1.807, 2.05) is 58.9 Å². The number of hydrogen-bond acceptors (Lipinski definition) is 5. The zero-order chi connectivity index (χ0) is 24.1. The van der Waals surface area contributed by atoms with Crippen molar-refractivity contribution in [1.29, 1.82) is 0 Å². The number of ether oxygens (including phenoxy) is 3. The Balaban J connectivity index is 1.74. The van der Waals surface area contributed by atoms with Crippen LogP contribution in [-0.4, -0.2) is 54.3 Å². The van der Waals surface area contributed by atoms with Gasteiger partial charge in [-0.25, -0.2) is 0 Å². The van der Waals surface area contributed by atoms with E-state index < -0.39 is 0 Å². The van der Waals surface area contributed by atoms with Gasteiger partial charge < -0.3 is 24.4 Å². The highest BCUT2D eigenvalue weighted by molar-refractivity contribution is 9.10. The van der Waals surface area contributed by atoms with Crippen molar-refractivity contribution in [2.24, 2.45) is 0 Å². The molecule has 0 aliphatic carbocycles. The first-order valence-corrected chi connectivity index (χ1v) is 12.3. The summed E-state index contributed by atoms with van der Waals surface area (Å²) in [6.45, 7) is 11.8. The number of carbonyl (C=O) groups excluding carboxylic acids is 1. The summed E-state index contributed by atoms with van der Waals surface area (Å²) in [6.07, 6.45) is 0.222. The summed E-state index contributed by atoms with van der Waals surface area (Å²) in [7, 11) is 0. The first-order chi connectivity index (χ1) is 15.7. The molecule has 0 unspecified atom stereocenters. The molecule has 1 saturated heterocycles. The van der Waals surface area contributed by atoms with Crippen molar-refractivity contribution in [3.63, 3.8) is 0 Å². The van der Waals surface area contributed by atoms with Gasteiger partial charge >= 0.3 is 0 Å². The molecule has 1 fully saturated rings. The van der Waals surface area contributed by atoms with Crippen LogP contribution in [0.3, 0.4) is 0 Å². The summed E-state index contributed by atoms with van der Waals surface area (Å²) in [6, 6.07) is 9.69. The first-order valence-electron chi connectivity index (χ1n) is 11.1. The number of carbonyl (C=O) groups is 1. The topological polar surface area (TPSA) is 60.0 Å². The van der Waals surface area contributed by atoms with Crippen LogP contribution in [0.15, 0.2) is 34.8 Å². The molecule has 0 spiro atoms. The quantitative estimate of drug-likeness (QED) is 0.488. The van der Waals surface area contributed by atoms with Crippen LogP contribution in [0.1, 0.15) is 37.5 Å². The molecule has 0 saturated carbocycles. The third-order valence-electron chi connectivity index (χ3n) is 5.12. The Morgan fingerprint density at radius 3 is 2.36 bits per heavy atom. The summed E-state index contributed by atoms with van der Waals surface area (Å²) in [4.78, 5) is 15.4. The summed E-state index contributed by atoms with van der Waals surface area (Å²) in [5, 5.41) is 2.89. The molecule has 1 amide bonds. The van der Waals surface area contributed by atoms with E-state index in [4.69, 9.17) is 26.4 Å². The molecule has 178 valence electrons. The highest BCUT2D eigenvalue weighted by Gasteiger charge is 2.26. The lowest BCUT2D eigenvalue weighted by atomic mass is 10.1. The number of aryl methyl sites for hydroxylation is 2. The Labute approximate surface area is 209 Å². The Bertz CT molecular complexity index is 999. The Morgan fingerprint density at radius 2 is 1.76 bits per heavy atom. The van der Waals surface area contributed by atoms with Gasteiger partial charge in [0.2, 0.25) is 0 Å². The Kier molecular flexibility index (Phi) is 8.73. The number of hydrogen-bond donors (Lipinski definition) is 1. The van der Waals surface area contributed by atoms with Gasteiger partial charge in [-0.05, 0) is 85.9 Å². The van der Waals surface area contributed by atoms with Gasteiger partial charge in [-0.3, -0.25) is 4.79 Å². The molecule has 2 atom stereocenters. The summed E-state index contributed by atoms with van der Waals surface area (Å²) < 4.78 is 18.2. The third kappa shape index (κ3) is 6.91. The van der Waals surface area contributed by atoms with Crippen LogP contribution in [0, 0.1) is 13.8 Å². The fourth-order valence-electron chi connectivity index (χ4n) is 4.00. The third-order valence-corrected chi connectivity index (χ3v) is 6.20. The predicted octanol–water partition coefficient (Wildman–Crippen LogP) is 5.27. The van der Waals surface area contributed by atoms with E-state index in [9.17, 15) is 4.79 Å². The molecule has 2 aromatic rings. The number of thiocarbonyl (C=S) groups is 1. The van der Waals surface area contributed by atoms with E-state index >= 15 is 0 Å². The van der Waals surface area contributed by atoms with Crippen LogP contribution in [0.4, 0.5) is 5.69 Å². The van der Waals surface area contributed by atoms with E-state index in [1.54, 1.807) is 0 Å². The fraction of sp³-hybridized carbons (Fsp3) is 0.440. The molecule has 2 aromatic carbocycles. The second-order valence-electron chi connectivity index (χ2n) is 8.40. The molecule has 6 nitrogen and oxygen atoms in total. The molecular weight excluding hydrogens is 504 g/mol. The van der Waals surface area contributed by atoms with Gasteiger partial charge in [0, 0.05) is 24.3 Å². The van der Waals surface area contributed by atoms with E-state index in [0.717, 1.165) is 40.5 Å². The maximum absolute atomic E-state index is 12.5. The van der Waals surface area contributed by atoms with E-state index in [-0.39, 0.29) is 24.7 Å². The van der Waals surface area contributed by atoms with Crippen molar-refractivity contribution in [3.05, 3.63) is 51.5 Å².